The highest BCUT2D eigenvalue weighted by atomic mass is 35.5. The molecular formula is C12H9Cl3N4O. The lowest BCUT2D eigenvalue weighted by molar-refractivity contribution is 0.102. The highest BCUT2D eigenvalue weighted by Gasteiger charge is 2.13. The van der Waals surface area contributed by atoms with Crippen LogP contribution in [0.2, 0.25) is 15.1 Å². The summed E-state index contributed by atoms with van der Waals surface area (Å²) in [5.74, 6) is 5.05. The molecule has 0 fully saturated rings. The number of halogens is 3. The number of anilines is 2. The Hall–Kier alpha value is -1.53. The lowest BCUT2D eigenvalue weighted by Gasteiger charge is -2.10. The third-order valence-electron chi connectivity index (χ3n) is 2.44. The molecule has 1 aromatic carbocycles. The van der Waals surface area contributed by atoms with E-state index in [1.165, 1.54) is 12.3 Å². The Morgan fingerprint density at radius 1 is 1.15 bits per heavy atom. The first kappa shape index (κ1) is 14.9. The van der Waals surface area contributed by atoms with Crippen molar-refractivity contribution < 1.29 is 4.79 Å². The molecule has 0 unspecified atom stereocenters. The van der Waals surface area contributed by atoms with Gasteiger partial charge in [0.25, 0.3) is 5.91 Å². The van der Waals surface area contributed by atoms with Gasteiger partial charge in [-0.3, -0.25) is 4.79 Å². The minimum absolute atomic E-state index is 0.227. The molecule has 104 valence electrons. The van der Waals surface area contributed by atoms with Crippen molar-refractivity contribution in [3.63, 3.8) is 0 Å². The largest absolute Gasteiger partial charge is 0.319 e. The predicted molar refractivity (Wildman–Crippen MR) is 81.5 cm³/mol. The van der Waals surface area contributed by atoms with Crippen LogP contribution in [0.4, 0.5) is 11.5 Å². The number of carbonyl (C=O) groups is 1. The lowest BCUT2D eigenvalue weighted by atomic mass is 10.2. The summed E-state index contributed by atoms with van der Waals surface area (Å²) >= 11 is 17.8. The lowest BCUT2D eigenvalue weighted by Crippen LogP contribution is -2.14. The summed E-state index contributed by atoms with van der Waals surface area (Å²) < 4.78 is 0. The van der Waals surface area contributed by atoms with Crippen LogP contribution in [0.1, 0.15) is 10.4 Å². The van der Waals surface area contributed by atoms with E-state index < -0.39 is 5.91 Å². The van der Waals surface area contributed by atoms with Gasteiger partial charge in [-0.25, -0.2) is 10.8 Å². The van der Waals surface area contributed by atoms with Crippen molar-refractivity contribution in [3.8, 4) is 0 Å². The van der Waals surface area contributed by atoms with Crippen molar-refractivity contribution in [1.82, 2.24) is 4.98 Å². The molecule has 0 aliphatic rings. The molecule has 2 aromatic rings. The van der Waals surface area contributed by atoms with Gasteiger partial charge in [0.15, 0.2) is 5.82 Å². The standard InChI is InChI=1S/C12H9Cl3N4O/c13-7-2-1-3-8(14)10(7)18-12(20)6-4-9(15)11(19-16)17-5-6/h1-5H,16H2,(H,17,19)(H,18,20). The molecule has 0 saturated carbocycles. The predicted octanol–water partition coefficient (Wildman–Crippen LogP) is 3.58. The van der Waals surface area contributed by atoms with Crippen LogP contribution < -0.4 is 16.6 Å². The highest BCUT2D eigenvalue weighted by Crippen LogP contribution is 2.30. The third kappa shape index (κ3) is 3.13. The average Bonchev–Trinajstić information content (AvgIpc) is 2.42. The van der Waals surface area contributed by atoms with E-state index >= 15 is 0 Å². The number of nitrogens with zero attached hydrogens (tertiary/aromatic N) is 1. The minimum atomic E-state index is -0.432. The van der Waals surface area contributed by atoms with E-state index in [1.807, 2.05) is 0 Å². The van der Waals surface area contributed by atoms with E-state index in [0.717, 1.165) is 0 Å². The Kier molecular flexibility index (Phi) is 4.67. The molecule has 4 N–H and O–H groups in total. The number of rotatable bonds is 3. The molecule has 2 rings (SSSR count). The van der Waals surface area contributed by atoms with E-state index in [0.29, 0.717) is 15.7 Å². The van der Waals surface area contributed by atoms with Crippen LogP contribution in [0.5, 0.6) is 0 Å². The zero-order valence-corrected chi connectivity index (χ0v) is 12.2. The smallest absolute Gasteiger partial charge is 0.257 e. The zero-order valence-electron chi connectivity index (χ0n) is 9.95. The van der Waals surface area contributed by atoms with Crippen molar-refractivity contribution in [3.05, 3.63) is 51.1 Å². The quantitative estimate of drug-likeness (QED) is 0.593. The fourth-order valence-corrected chi connectivity index (χ4v) is 2.18. The maximum Gasteiger partial charge on any atom is 0.257 e. The van der Waals surface area contributed by atoms with Gasteiger partial charge in [-0.2, -0.15) is 0 Å². The Labute approximate surface area is 130 Å². The molecule has 0 spiro atoms. The molecule has 1 heterocycles. The SMILES string of the molecule is NNc1ncc(C(=O)Nc2c(Cl)cccc2Cl)cc1Cl. The zero-order chi connectivity index (χ0) is 14.7. The van der Waals surface area contributed by atoms with Crippen LogP contribution in [0.15, 0.2) is 30.5 Å². The van der Waals surface area contributed by atoms with Gasteiger partial charge in [-0.15, -0.1) is 0 Å². The number of carbonyl (C=O) groups excluding carboxylic acids is 1. The van der Waals surface area contributed by atoms with Crippen LogP contribution in [0.3, 0.4) is 0 Å². The number of nitrogens with two attached hydrogens (primary N) is 1. The number of hydrazine groups is 1. The van der Waals surface area contributed by atoms with Gasteiger partial charge in [0, 0.05) is 6.20 Å². The number of hydrogen-bond donors (Lipinski definition) is 3. The maximum absolute atomic E-state index is 12.1. The van der Waals surface area contributed by atoms with Gasteiger partial charge in [-0.05, 0) is 18.2 Å². The Bertz CT molecular complexity index is 643. The molecule has 1 aromatic heterocycles. The van der Waals surface area contributed by atoms with Crippen LogP contribution in [0.25, 0.3) is 0 Å². The van der Waals surface area contributed by atoms with Gasteiger partial charge >= 0.3 is 0 Å². The van der Waals surface area contributed by atoms with E-state index in [2.05, 4.69) is 15.7 Å². The molecule has 0 bridgehead atoms. The van der Waals surface area contributed by atoms with Crippen molar-refractivity contribution in [2.45, 2.75) is 0 Å². The number of amides is 1. The minimum Gasteiger partial charge on any atom is -0.319 e. The van der Waals surface area contributed by atoms with Crippen LogP contribution >= 0.6 is 34.8 Å². The summed E-state index contributed by atoms with van der Waals surface area (Å²) in [7, 11) is 0. The van der Waals surface area contributed by atoms with Crippen molar-refractivity contribution >= 4 is 52.2 Å². The number of pyridine rings is 1. The van der Waals surface area contributed by atoms with Gasteiger partial charge in [-0.1, -0.05) is 40.9 Å². The van der Waals surface area contributed by atoms with Gasteiger partial charge in [0.05, 0.1) is 26.3 Å². The molecule has 0 aliphatic carbocycles. The van der Waals surface area contributed by atoms with Crippen molar-refractivity contribution in [2.24, 2.45) is 5.84 Å². The monoisotopic (exact) mass is 330 g/mol. The topological polar surface area (TPSA) is 80.0 Å². The first-order valence-electron chi connectivity index (χ1n) is 5.40. The molecule has 0 saturated heterocycles. The number of para-hydroxylation sites is 1. The molecular weight excluding hydrogens is 323 g/mol. The first-order valence-corrected chi connectivity index (χ1v) is 6.54. The van der Waals surface area contributed by atoms with E-state index in [9.17, 15) is 4.79 Å². The number of nitrogen functional groups attached to an aromatic ring is 1. The number of hydrogen-bond acceptors (Lipinski definition) is 4. The Morgan fingerprint density at radius 3 is 2.35 bits per heavy atom. The van der Waals surface area contributed by atoms with Gasteiger partial charge < -0.3 is 10.7 Å². The van der Waals surface area contributed by atoms with E-state index in [-0.39, 0.29) is 16.4 Å². The van der Waals surface area contributed by atoms with Gasteiger partial charge in [0.2, 0.25) is 0 Å². The summed E-state index contributed by atoms with van der Waals surface area (Å²) in [6.07, 6.45) is 1.33. The molecule has 0 radical (unpaired) electrons. The normalized spacial score (nSPS) is 10.2. The van der Waals surface area contributed by atoms with Crippen LogP contribution in [0, 0.1) is 0 Å². The molecule has 5 nitrogen and oxygen atoms in total. The van der Waals surface area contributed by atoms with E-state index in [1.54, 1.807) is 18.2 Å². The Balaban J connectivity index is 2.26. The second-order valence-corrected chi connectivity index (χ2v) is 4.97. The summed E-state index contributed by atoms with van der Waals surface area (Å²) in [6, 6.07) is 6.36. The second-order valence-electron chi connectivity index (χ2n) is 3.75. The highest BCUT2D eigenvalue weighted by molar-refractivity contribution is 6.40. The summed E-state index contributed by atoms with van der Waals surface area (Å²) in [5, 5.41) is 3.51. The summed E-state index contributed by atoms with van der Waals surface area (Å²) in [6.45, 7) is 0. The molecule has 20 heavy (non-hydrogen) atoms. The maximum atomic E-state index is 12.1. The number of aromatic nitrogens is 1. The summed E-state index contributed by atoms with van der Waals surface area (Å²) in [5.41, 5.74) is 2.90. The Morgan fingerprint density at radius 2 is 1.80 bits per heavy atom. The first-order chi connectivity index (χ1) is 9.52. The fraction of sp³-hybridized carbons (Fsp3) is 0. The van der Waals surface area contributed by atoms with Crippen molar-refractivity contribution in [1.29, 1.82) is 0 Å². The van der Waals surface area contributed by atoms with Crippen molar-refractivity contribution in [2.75, 3.05) is 10.7 Å². The molecule has 8 heteroatoms. The van der Waals surface area contributed by atoms with E-state index in [4.69, 9.17) is 40.6 Å². The third-order valence-corrected chi connectivity index (χ3v) is 3.36. The fourth-order valence-electron chi connectivity index (χ4n) is 1.47. The van der Waals surface area contributed by atoms with Crippen LogP contribution in [-0.2, 0) is 0 Å². The average molecular weight is 332 g/mol. The molecule has 1 amide bonds. The molecule has 0 atom stereocenters. The number of nitrogens with one attached hydrogen (secondary N) is 2. The van der Waals surface area contributed by atoms with Crippen LogP contribution in [-0.4, -0.2) is 10.9 Å². The number of benzene rings is 1. The second kappa shape index (κ2) is 6.28. The van der Waals surface area contributed by atoms with Gasteiger partial charge in [0.1, 0.15) is 0 Å². The molecule has 0 aliphatic heterocycles. The summed E-state index contributed by atoms with van der Waals surface area (Å²) in [4.78, 5) is 16.0.